The summed E-state index contributed by atoms with van der Waals surface area (Å²) < 4.78 is 6.29. The second kappa shape index (κ2) is 8.95. The Bertz CT molecular complexity index is 495. The first kappa shape index (κ1) is 20.1. The minimum Gasteiger partial charge on any atom is -0.368 e. The SMILES string of the molecule is CCC(CC)O[C@@H]1C=CC[C@H](N)[C@]1(NC(C)=O)C(=O)C1CCCCC1. The van der Waals surface area contributed by atoms with Crippen LogP contribution in [-0.2, 0) is 14.3 Å². The Hall–Kier alpha value is -1.20. The maximum absolute atomic E-state index is 13.6. The van der Waals surface area contributed by atoms with E-state index >= 15 is 0 Å². The average molecular weight is 351 g/mol. The number of hydrogen-bond donors (Lipinski definition) is 2. The molecule has 1 fully saturated rings. The van der Waals surface area contributed by atoms with Crippen LogP contribution >= 0.6 is 0 Å². The summed E-state index contributed by atoms with van der Waals surface area (Å²) in [4.78, 5) is 25.6. The number of nitrogens with two attached hydrogens (primary N) is 1. The molecule has 0 bridgehead atoms. The van der Waals surface area contributed by atoms with Gasteiger partial charge in [-0.25, -0.2) is 0 Å². The van der Waals surface area contributed by atoms with E-state index in [0.717, 1.165) is 38.5 Å². The Morgan fingerprint density at radius 1 is 1.24 bits per heavy atom. The van der Waals surface area contributed by atoms with Crippen LogP contribution in [0.2, 0.25) is 0 Å². The summed E-state index contributed by atoms with van der Waals surface area (Å²) in [6.07, 6.45) is 10.8. The summed E-state index contributed by atoms with van der Waals surface area (Å²) in [5.74, 6) is -0.200. The molecular formula is C20H34N2O3. The lowest BCUT2D eigenvalue weighted by Crippen LogP contribution is -2.73. The zero-order valence-electron chi connectivity index (χ0n) is 15.9. The normalized spacial score (nSPS) is 30.4. The van der Waals surface area contributed by atoms with Gasteiger partial charge in [-0.1, -0.05) is 45.3 Å². The summed E-state index contributed by atoms with van der Waals surface area (Å²) in [6.45, 7) is 5.60. The Labute approximate surface area is 151 Å². The van der Waals surface area contributed by atoms with Crippen molar-refractivity contribution in [1.29, 1.82) is 0 Å². The molecule has 3 N–H and O–H groups in total. The van der Waals surface area contributed by atoms with Crippen LogP contribution in [0.15, 0.2) is 12.2 Å². The first-order chi connectivity index (χ1) is 12.0. The van der Waals surface area contributed by atoms with Crippen molar-refractivity contribution in [1.82, 2.24) is 5.32 Å². The number of carbonyl (C=O) groups is 2. The standard InChI is InChI=1S/C20H34N2O3/c1-4-16(5-2)25-18-13-9-12-17(21)20(18,22-14(3)23)19(24)15-10-7-6-8-11-15/h9,13,15-18H,4-8,10-12,21H2,1-3H3,(H,22,23)/t17-,18+,20+/m0/s1. The molecule has 1 saturated carbocycles. The first-order valence-electron chi connectivity index (χ1n) is 9.86. The average Bonchev–Trinajstić information content (AvgIpc) is 2.62. The number of amides is 1. The molecule has 0 aliphatic heterocycles. The lowest BCUT2D eigenvalue weighted by atomic mass is 9.69. The predicted octanol–water partition coefficient (Wildman–Crippen LogP) is 2.87. The number of rotatable bonds is 7. The van der Waals surface area contributed by atoms with Gasteiger partial charge in [-0.05, 0) is 32.1 Å². The molecule has 2 rings (SSSR count). The van der Waals surface area contributed by atoms with Gasteiger partial charge in [0.2, 0.25) is 5.91 Å². The lowest BCUT2D eigenvalue weighted by molar-refractivity contribution is -0.145. The van der Waals surface area contributed by atoms with Crippen LogP contribution in [0.25, 0.3) is 0 Å². The van der Waals surface area contributed by atoms with Crippen molar-refractivity contribution in [3.63, 3.8) is 0 Å². The van der Waals surface area contributed by atoms with Crippen molar-refractivity contribution in [3.8, 4) is 0 Å². The van der Waals surface area contributed by atoms with Crippen molar-refractivity contribution in [3.05, 3.63) is 12.2 Å². The molecule has 1 amide bonds. The second-order valence-electron chi connectivity index (χ2n) is 7.51. The fourth-order valence-electron chi connectivity index (χ4n) is 4.28. The van der Waals surface area contributed by atoms with Gasteiger partial charge in [0.15, 0.2) is 5.78 Å². The van der Waals surface area contributed by atoms with Crippen LogP contribution in [0.3, 0.4) is 0 Å². The highest BCUT2D eigenvalue weighted by molar-refractivity contribution is 5.96. The highest BCUT2D eigenvalue weighted by Gasteiger charge is 2.54. The number of ether oxygens (including phenoxy) is 1. The van der Waals surface area contributed by atoms with Gasteiger partial charge in [-0.3, -0.25) is 9.59 Å². The third kappa shape index (κ3) is 4.32. The Morgan fingerprint density at radius 2 is 1.88 bits per heavy atom. The topological polar surface area (TPSA) is 81.4 Å². The number of carbonyl (C=O) groups excluding carboxylic acids is 2. The molecule has 0 aromatic heterocycles. The monoisotopic (exact) mass is 350 g/mol. The number of Topliss-reactive ketones (excluding diaryl/α,β-unsaturated/α-hetero) is 1. The van der Waals surface area contributed by atoms with Gasteiger partial charge in [0.25, 0.3) is 0 Å². The smallest absolute Gasteiger partial charge is 0.217 e. The van der Waals surface area contributed by atoms with Crippen molar-refractivity contribution < 1.29 is 14.3 Å². The zero-order valence-corrected chi connectivity index (χ0v) is 15.9. The van der Waals surface area contributed by atoms with Crippen molar-refractivity contribution >= 4 is 11.7 Å². The largest absolute Gasteiger partial charge is 0.368 e. The Balaban J connectivity index is 2.38. The van der Waals surface area contributed by atoms with Crippen molar-refractivity contribution in [2.24, 2.45) is 11.7 Å². The van der Waals surface area contributed by atoms with E-state index in [0.29, 0.717) is 6.42 Å². The van der Waals surface area contributed by atoms with Crippen LogP contribution in [0.1, 0.15) is 72.1 Å². The van der Waals surface area contributed by atoms with E-state index in [-0.39, 0.29) is 23.7 Å². The van der Waals surface area contributed by atoms with Crippen LogP contribution in [-0.4, -0.2) is 35.5 Å². The summed E-state index contributed by atoms with van der Waals surface area (Å²) in [6, 6.07) is -0.463. The summed E-state index contributed by atoms with van der Waals surface area (Å²) in [5, 5.41) is 2.96. The van der Waals surface area contributed by atoms with Crippen LogP contribution in [0, 0.1) is 5.92 Å². The molecular weight excluding hydrogens is 316 g/mol. The zero-order chi connectivity index (χ0) is 18.4. The maximum Gasteiger partial charge on any atom is 0.217 e. The maximum atomic E-state index is 13.6. The number of nitrogens with one attached hydrogen (secondary N) is 1. The molecule has 25 heavy (non-hydrogen) atoms. The van der Waals surface area contributed by atoms with Gasteiger partial charge in [0.05, 0.1) is 6.10 Å². The van der Waals surface area contributed by atoms with Gasteiger partial charge < -0.3 is 15.8 Å². The summed E-state index contributed by atoms with van der Waals surface area (Å²) in [7, 11) is 0. The van der Waals surface area contributed by atoms with Crippen LogP contribution in [0.5, 0.6) is 0 Å². The van der Waals surface area contributed by atoms with Gasteiger partial charge in [-0.2, -0.15) is 0 Å². The first-order valence-corrected chi connectivity index (χ1v) is 9.86. The molecule has 0 radical (unpaired) electrons. The number of hydrogen-bond acceptors (Lipinski definition) is 4. The van der Waals surface area contributed by atoms with E-state index in [1.807, 2.05) is 12.2 Å². The van der Waals surface area contributed by atoms with Crippen LogP contribution < -0.4 is 11.1 Å². The minimum absolute atomic E-state index is 0.0362. The van der Waals surface area contributed by atoms with E-state index in [2.05, 4.69) is 19.2 Å². The predicted molar refractivity (Wildman–Crippen MR) is 99.1 cm³/mol. The Morgan fingerprint density at radius 3 is 2.44 bits per heavy atom. The molecule has 0 aromatic rings. The van der Waals surface area contributed by atoms with E-state index in [4.69, 9.17) is 10.5 Å². The molecule has 2 aliphatic rings. The number of ketones is 1. The fraction of sp³-hybridized carbons (Fsp3) is 0.800. The molecule has 0 heterocycles. The molecule has 0 unspecified atom stereocenters. The van der Waals surface area contributed by atoms with Gasteiger partial charge in [-0.15, -0.1) is 0 Å². The Kier molecular flexibility index (Phi) is 7.20. The third-order valence-electron chi connectivity index (χ3n) is 5.75. The second-order valence-corrected chi connectivity index (χ2v) is 7.51. The van der Waals surface area contributed by atoms with E-state index < -0.39 is 17.7 Å². The highest BCUT2D eigenvalue weighted by Crippen LogP contribution is 2.35. The van der Waals surface area contributed by atoms with Crippen molar-refractivity contribution in [2.45, 2.75) is 95.9 Å². The molecule has 142 valence electrons. The highest BCUT2D eigenvalue weighted by atomic mass is 16.5. The quantitative estimate of drug-likeness (QED) is 0.692. The van der Waals surface area contributed by atoms with E-state index in [9.17, 15) is 9.59 Å². The van der Waals surface area contributed by atoms with Crippen molar-refractivity contribution in [2.75, 3.05) is 0 Å². The molecule has 0 aromatic carbocycles. The lowest BCUT2D eigenvalue weighted by Gasteiger charge is -2.47. The van der Waals surface area contributed by atoms with E-state index in [1.165, 1.54) is 13.3 Å². The molecule has 2 aliphatic carbocycles. The fourth-order valence-corrected chi connectivity index (χ4v) is 4.28. The summed E-state index contributed by atoms with van der Waals surface area (Å²) >= 11 is 0. The molecule has 5 nitrogen and oxygen atoms in total. The van der Waals surface area contributed by atoms with Crippen LogP contribution in [0.4, 0.5) is 0 Å². The van der Waals surface area contributed by atoms with E-state index in [1.54, 1.807) is 0 Å². The van der Waals surface area contributed by atoms with Gasteiger partial charge >= 0.3 is 0 Å². The minimum atomic E-state index is -1.15. The van der Waals surface area contributed by atoms with Gasteiger partial charge in [0, 0.05) is 18.9 Å². The molecule has 0 saturated heterocycles. The van der Waals surface area contributed by atoms with Gasteiger partial charge in [0.1, 0.15) is 11.6 Å². The third-order valence-corrected chi connectivity index (χ3v) is 5.75. The molecule has 3 atom stereocenters. The molecule has 5 heteroatoms. The molecule has 0 spiro atoms. The summed E-state index contributed by atoms with van der Waals surface area (Å²) in [5.41, 5.74) is 5.30.